The Hall–Kier alpha value is -4.74. The van der Waals surface area contributed by atoms with Gasteiger partial charge in [0.1, 0.15) is 11.8 Å². The van der Waals surface area contributed by atoms with Gasteiger partial charge in [-0.3, -0.25) is 14.7 Å². The number of alkyl halides is 3. The highest BCUT2D eigenvalue weighted by atomic mass is 19.4. The molecule has 2 fully saturated rings. The van der Waals surface area contributed by atoms with Crippen LogP contribution in [0.15, 0.2) is 67.1 Å². The molecule has 0 unspecified atom stereocenters. The lowest BCUT2D eigenvalue weighted by Gasteiger charge is -2.57. The second kappa shape index (κ2) is 12.9. The molecule has 1 aliphatic carbocycles. The molecule has 1 aliphatic heterocycles. The van der Waals surface area contributed by atoms with Gasteiger partial charge in [0.15, 0.2) is 5.82 Å². The molecule has 2 amide bonds. The van der Waals surface area contributed by atoms with Gasteiger partial charge in [-0.05, 0) is 85.5 Å². The molecule has 3 heterocycles. The molecule has 0 bridgehead atoms. The van der Waals surface area contributed by atoms with E-state index in [0.717, 1.165) is 43.0 Å². The fraction of sp³-hybridized carbons (Fsp3) is 0.432. The molecule has 6 rings (SSSR count). The number of hydrogen-bond donors (Lipinski definition) is 2. The lowest BCUT2D eigenvalue weighted by molar-refractivity contribution is -0.138. The quantitative estimate of drug-likeness (QED) is 0.210. The van der Waals surface area contributed by atoms with E-state index in [1.165, 1.54) is 30.3 Å². The van der Waals surface area contributed by atoms with Gasteiger partial charge < -0.3 is 15.3 Å². The van der Waals surface area contributed by atoms with Crippen LogP contribution in [0.4, 0.5) is 35.2 Å². The van der Waals surface area contributed by atoms with Gasteiger partial charge in [-0.1, -0.05) is 51.8 Å². The summed E-state index contributed by atoms with van der Waals surface area (Å²) in [7, 11) is 0. The zero-order valence-electron chi connectivity index (χ0n) is 28.1. The van der Waals surface area contributed by atoms with Crippen LogP contribution in [0.5, 0.6) is 0 Å². The third kappa shape index (κ3) is 6.17. The second-order valence-electron chi connectivity index (χ2n) is 14.1. The van der Waals surface area contributed by atoms with E-state index in [4.69, 9.17) is 0 Å². The number of pyridine rings is 1. The molecule has 0 spiro atoms. The van der Waals surface area contributed by atoms with E-state index in [1.807, 2.05) is 57.2 Å². The predicted octanol–water partition coefficient (Wildman–Crippen LogP) is 8.70. The number of piperidine rings is 1. The number of halogens is 3. The SMILES string of the molecule is Cc1ccc(NC(=O)[C@@H]2CCCN(C(=O)O)[C@@]2(c2ccc(N(c3ncnc4cccnc34)C3CCCC3)cc2)C(C)(C)C)cc1C(F)(F)F. The summed E-state index contributed by atoms with van der Waals surface area (Å²) in [5.74, 6) is -0.748. The van der Waals surface area contributed by atoms with Gasteiger partial charge in [-0.15, -0.1) is 0 Å². The largest absolute Gasteiger partial charge is 0.465 e. The van der Waals surface area contributed by atoms with Gasteiger partial charge in [-0.2, -0.15) is 13.2 Å². The molecule has 2 N–H and O–H groups in total. The van der Waals surface area contributed by atoms with E-state index in [0.29, 0.717) is 29.7 Å². The number of carbonyl (C=O) groups excluding carboxylic acids is 1. The average molecular weight is 675 g/mol. The monoisotopic (exact) mass is 674 g/mol. The van der Waals surface area contributed by atoms with Gasteiger partial charge in [0.05, 0.1) is 22.5 Å². The highest BCUT2D eigenvalue weighted by molar-refractivity contribution is 5.94. The Morgan fingerprint density at radius 1 is 0.959 bits per heavy atom. The number of aromatic nitrogens is 3. The molecule has 4 aromatic rings. The van der Waals surface area contributed by atoms with Crippen molar-refractivity contribution in [1.29, 1.82) is 0 Å². The van der Waals surface area contributed by atoms with Crippen LogP contribution in [-0.2, 0) is 16.5 Å². The maximum absolute atomic E-state index is 14.2. The molecule has 2 atom stereocenters. The van der Waals surface area contributed by atoms with E-state index >= 15 is 0 Å². The maximum atomic E-state index is 14.2. The Balaban J connectivity index is 1.45. The van der Waals surface area contributed by atoms with Crippen LogP contribution in [0, 0.1) is 18.3 Å². The number of hydrogen-bond acceptors (Lipinski definition) is 6. The van der Waals surface area contributed by atoms with Crippen LogP contribution in [0.3, 0.4) is 0 Å². The van der Waals surface area contributed by atoms with E-state index in [1.54, 1.807) is 6.20 Å². The number of fused-ring (bicyclic) bond motifs is 1. The van der Waals surface area contributed by atoms with Crippen LogP contribution in [0.25, 0.3) is 11.0 Å². The first-order valence-corrected chi connectivity index (χ1v) is 16.7. The number of likely N-dealkylation sites (tertiary alicyclic amines) is 1. The highest BCUT2D eigenvalue weighted by Gasteiger charge is 2.59. The number of benzene rings is 2. The van der Waals surface area contributed by atoms with Crippen LogP contribution >= 0.6 is 0 Å². The van der Waals surface area contributed by atoms with Gasteiger partial charge >= 0.3 is 12.3 Å². The first-order valence-electron chi connectivity index (χ1n) is 16.7. The number of nitrogens with zero attached hydrogens (tertiary/aromatic N) is 5. The summed E-state index contributed by atoms with van der Waals surface area (Å²) in [5.41, 5.74) is -0.0615. The lowest BCUT2D eigenvalue weighted by Crippen LogP contribution is -2.65. The molecule has 9 nitrogen and oxygen atoms in total. The van der Waals surface area contributed by atoms with Crippen LogP contribution in [0.2, 0.25) is 0 Å². The Morgan fingerprint density at radius 3 is 2.33 bits per heavy atom. The number of amides is 2. The van der Waals surface area contributed by atoms with Crippen LogP contribution in [0.1, 0.15) is 76.0 Å². The number of carboxylic acid groups (broad SMARTS) is 1. The molecule has 49 heavy (non-hydrogen) atoms. The van der Waals surface area contributed by atoms with Crippen molar-refractivity contribution < 1.29 is 27.9 Å². The molecule has 1 saturated heterocycles. The van der Waals surface area contributed by atoms with Crippen molar-refractivity contribution in [3.05, 3.63) is 83.8 Å². The fourth-order valence-electron chi connectivity index (χ4n) is 8.15. The minimum Gasteiger partial charge on any atom is -0.465 e. The third-order valence-electron chi connectivity index (χ3n) is 10.2. The van der Waals surface area contributed by atoms with Gasteiger partial charge in [0.25, 0.3) is 0 Å². The third-order valence-corrected chi connectivity index (χ3v) is 10.2. The maximum Gasteiger partial charge on any atom is 0.416 e. The number of anilines is 3. The van der Waals surface area contributed by atoms with Gasteiger partial charge in [-0.25, -0.2) is 14.8 Å². The Labute approximate surface area is 283 Å². The summed E-state index contributed by atoms with van der Waals surface area (Å²) < 4.78 is 41.2. The number of rotatable bonds is 6. The Bertz CT molecular complexity index is 1850. The molecule has 1 saturated carbocycles. The van der Waals surface area contributed by atoms with E-state index in [-0.39, 0.29) is 23.8 Å². The molecule has 258 valence electrons. The minimum atomic E-state index is -4.59. The van der Waals surface area contributed by atoms with Crippen molar-refractivity contribution in [2.24, 2.45) is 11.3 Å². The van der Waals surface area contributed by atoms with Crippen molar-refractivity contribution in [3.63, 3.8) is 0 Å². The normalized spacial score (nSPS) is 20.4. The summed E-state index contributed by atoms with van der Waals surface area (Å²) in [5, 5.41) is 13.3. The molecular formula is C37H41F3N6O3. The molecule has 2 aromatic heterocycles. The van der Waals surface area contributed by atoms with Crippen LogP contribution < -0.4 is 10.2 Å². The van der Waals surface area contributed by atoms with Crippen LogP contribution in [-0.4, -0.2) is 49.5 Å². The smallest absolute Gasteiger partial charge is 0.416 e. The summed E-state index contributed by atoms with van der Waals surface area (Å²) in [6.07, 6.45) is 2.36. The molecule has 12 heteroatoms. The van der Waals surface area contributed by atoms with Crippen molar-refractivity contribution in [1.82, 2.24) is 19.9 Å². The molecule has 0 radical (unpaired) electrons. The Kier molecular flexibility index (Phi) is 9.02. The highest BCUT2D eigenvalue weighted by Crippen LogP contribution is 2.54. The van der Waals surface area contributed by atoms with Crippen molar-refractivity contribution in [2.45, 2.75) is 84.0 Å². The number of carbonyl (C=O) groups is 2. The molecule has 2 aromatic carbocycles. The van der Waals surface area contributed by atoms with E-state index < -0.39 is 40.6 Å². The summed E-state index contributed by atoms with van der Waals surface area (Å²) in [6.45, 7) is 7.28. The first kappa shape index (κ1) is 34.1. The van der Waals surface area contributed by atoms with Gasteiger partial charge in [0.2, 0.25) is 5.91 Å². The van der Waals surface area contributed by atoms with E-state index in [9.17, 15) is 27.9 Å². The minimum absolute atomic E-state index is 0.00595. The van der Waals surface area contributed by atoms with Crippen molar-refractivity contribution in [2.75, 3.05) is 16.8 Å². The van der Waals surface area contributed by atoms with Crippen molar-refractivity contribution >= 4 is 40.2 Å². The summed E-state index contributed by atoms with van der Waals surface area (Å²) >= 11 is 0. The zero-order chi connectivity index (χ0) is 35.1. The van der Waals surface area contributed by atoms with E-state index in [2.05, 4.69) is 25.2 Å². The lowest BCUT2D eigenvalue weighted by atomic mass is 9.58. The first-order chi connectivity index (χ1) is 23.2. The summed E-state index contributed by atoms with van der Waals surface area (Å²) in [6, 6.07) is 15.2. The molecular weight excluding hydrogens is 633 g/mol. The Morgan fingerprint density at radius 2 is 1.67 bits per heavy atom. The number of nitrogens with one attached hydrogen (secondary N) is 1. The standard InChI is InChI=1S/C37H41F3N6O3/c1-23-13-16-25(21-29(23)37(38,39)40)44-33(47)28-11-8-20-45(34(48)49)36(28,35(2,3)4)24-14-17-27(18-15-24)46(26-9-5-6-10-26)32-31-30(42-22-43-32)12-7-19-41-31/h7,12-19,21-22,26,28H,5-6,8-11,20H2,1-4H3,(H,44,47)(H,48,49)/t28-,36+/m0/s1. The topological polar surface area (TPSA) is 112 Å². The fourth-order valence-corrected chi connectivity index (χ4v) is 8.15. The molecule has 2 aliphatic rings. The average Bonchev–Trinajstić information content (AvgIpc) is 3.59. The second-order valence-corrected chi connectivity index (χ2v) is 14.1. The van der Waals surface area contributed by atoms with Crippen molar-refractivity contribution in [3.8, 4) is 0 Å². The number of aryl methyl sites for hydroxylation is 1. The zero-order valence-corrected chi connectivity index (χ0v) is 28.1. The predicted molar refractivity (Wildman–Crippen MR) is 182 cm³/mol. The van der Waals surface area contributed by atoms with Gasteiger partial charge in [0, 0.05) is 30.2 Å². The summed E-state index contributed by atoms with van der Waals surface area (Å²) in [4.78, 5) is 44.5.